The Hall–Kier alpha value is -1.67. The van der Waals surface area contributed by atoms with Crippen molar-refractivity contribution in [2.75, 3.05) is 18.5 Å². The van der Waals surface area contributed by atoms with Gasteiger partial charge in [0.15, 0.2) is 0 Å². The molecular formula is C13H18N4O. The third kappa shape index (κ3) is 2.77. The first-order valence-corrected chi connectivity index (χ1v) is 6.28. The van der Waals surface area contributed by atoms with Gasteiger partial charge < -0.3 is 10.4 Å². The van der Waals surface area contributed by atoms with E-state index in [0.717, 1.165) is 18.5 Å². The number of aliphatic hydroxyl groups is 1. The van der Waals surface area contributed by atoms with Gasteiger partial charge in [-0.2, -0.15) is 5.26 Å². The number of anilines is 1. The summed E-state index contributed by atoms with van der Waals surface area (Å²) in [5.41, 5.74) is 1.10. The molecule has 1 aliphatic carbocycles. The van der Waals surface area contributed by atoms with Gasteiger partial charge in [-0.25, -0.2) is 9.97 Å². The Morgan fingerprint density at radius 1 is 1.44 bits per heavy atom. The summed E-state index contributed by atoms with van der Waals surface area (Å²) >= 11 is 0. The Bertz CT molecular complexity index is 461. The lowest BCUT2D eigenvalue weighted by Gasteiger charge is -2.26. The molecule has 1 aliphatic rings. The summed E-state index contributed by atoms with van der Waals surface area (Å²) in [6.45, 7) is 2.69. The summed E-state index contributed by atoms with van der Waals surface area (Å²) in [5, 5.41) is 21.5. The first-order valence-electron chi connectivity index (χ1n) is 6.28. The highest BCUT2D eigenvalue weighted by Crippen LogP contribution is 2.37. The maximum Gasteiger partial charge on any atom is 0.224 e. The molecule has 1 aromatic heterocycles. The van der Waals surface area contributed by atoms with Gasteiger partial charge in [-0.15, -0.1) is 0 Å². The maximum atomic E-state index is 9.52. The average Bonchev–Trinajstić information content (AvgIpc) is 2.85. The molecule has 96 valence electrons. The molecule has 0 amide bonds. The van der Waals surface area contributed by atoms with E-state index in [9.17, 15) is 5.11 Å². The molecule has 0 bridgehead atoms. The van der Waals surface area contributed by atoms with Crippen molar-refractivity contribution in [2.45, 2.75) is 32.6 Å². The Balaban J connectivity index is 2.06. The molecule has 2 rings (SSSR count). The molecular weight excluding hydrogens is 228 g/mol. The van der Waals surface area contributed by atoms with Gasteiger partial charge in [-0.3, -0.25) is 0 Å². The van der Waals surface area contributed by atoms with E-state index in [4.69, 9.17) is 5.26 Å². The fraction of sp³-hybridized carbons (Fsp3) is 0.615. The molecule has 1 fully saturated rings. The van der Waals surface area contributed by atoms with E-state index in [1.807, 2.05) is 13.0 Å². The van der Waals surface area contributed by atoms with Crippen molar-refractivity contribution in [3.63, 3.8) is 0 Å². The van der Waals surface area contributed by atoms with Crippen LogP contribution in [-0.4, -0.2) is 28.2 Å². The zero-order chi connectivity index (χ0) is 13.0. The molecule has 0 radical (unpaired) electrons. The van der Waals surface area contributed by atoms with Crippen molar-refractivity contribution in [3.8, 4) is 6.07 Å². The molecule has 1 aromatic rings. The monoisotopic (exact) mass is 246 g/mol. The summed E-state index contributed by atoms with van der Waals surface area (Å²) in [4.78, 5) is 8.37. The molecule has 0 atom stereocenters. The first-order chi connectivity index (χ1) is 8.67. The number of hydrogen-bond donors (Lipinski definition) is 2. The minimum absolute atomic E-state index is 0.0418. The van der Waals surface area contributed by atoms with Gasteiger partial charge in [-0.05, 0) is 25.8 Å². The molecule has 5 nitrogen and oxygen atoms in total. The van der Waals surface area contributed by atoms with Crippen LogP contribution >= 0.6 is 0 Å². The molecule has 5 heteroatoms. The SMILES string of the molecule is Cc1cc(C#N)nc(NCC2(CO)CCCC2)n1. The number of nitrogens with zero attached hydrogens (tertiary/aromatic N) is 3. The zero-order valence-electron chi connectivity index (χ0n) is 10.6. The minimum Gasteiger partial charge on any atom is -0.396 e. The molecule has 18 heavy (non-hydrogen) atoms. The molecule has 0 aliphatic heterocycles. The van der Waals surface area contributed by atoms with E-state index in [-0.39, 0.29) is 12.0 Å². The lowest BCUT2D eigenvalue weighted by Crippen LogP contribution is -2.31. The summed E-state index contributed by atoms with van der Waals surface area (Å²) < 4.78 is 0. The summed E-state index contributed by atoms with van der Waals surface area (Å²) in [5.74, 6) is 0.478. The average molecular weight is 246 g/mol. The van der Waals surface area contributed by atoms with Crippen LogP contribution in [0.25, 0.3) is 0 Å². The van der Waals surface area contributed by atoms with Crippen LogP contribution in [0.2, 0.25) is 0 Å². The maximum absolute atomic E-state index is 9.52. The van der Waals surface area contributed by atoms with Crippen molar-refractivity contribution in [2.24, 2.45) is 5.41 Å². The molecule has 0 aromatic carbocycles. The number of aromatic nitrogens is 2. The van der Waals surface area contributed by atoms with Gasteiger partial charge in [0, 0.05) is 17.7 Å². The fourth-order valence-corrected chi connectivity index (χ4v) is 2.49. The highest BCUT2D eigenvalue weighted by atomic mass is 16.3. The van der Waals surface area contributed by atoms with Crippen molar-refractivity contribution in [1.82, 2.24) is 9.97 Å². The number of aryl methyl sites for hydroxylation is 1. The van der Waals surface area contributed by atoms with Crippen LogP contribution in [0.5, 0.6) is 0 Å². The standard InChI is InChI=1S/C13H18N4O/c1-10-6-11(7-14)17-12(16-10)15-8-13(9-18)4-2-3-5-13/h6,18H,2-5,8-9H2,1H3,(H,15,16,17). The minimum atomic E-state index is -0.0418. The lowest BCUT2D eigenvalue weighted by atomic mass is 9.87. The zero-order valence-corrected chi connectivity index (χ0v) is 10.6. The normalized spacial score (nSPS) is 17.4. The van der Waals surface area contributed by atoms with Crippen molar-refractivity contribution in [1.29, 1.82) is 5.26 Å². The fourth-order valence-electron chi connectivity index (χ4n) is 2.49. The van der Waals surface area contributed by atoms with Gasteiger partial charge in [0.1, 0.15) is 11.8 Å². The van der Waals surface area contributed by atoms with Crippen LogP contribution in [0.4, 0.5) is 5.95 Å². The van der Waals surface area contributed by atoms with Gasteiger partial charge in [-0.1, -0.05) is 12.8 Å². The van der Waals surface area contributed by atoms with E-state index in [1.54, 1.807) is 6.07 Å². The Morgan fingerprint density at radius 3 is 2.78 bits per heavy atom. The van der Waals surface area contributed by atoms with Crippen LogP contribution in [0.1, 0.15) is 37.1 Å². The van der Waals surface area contributed by atoms with Gasteiger partial charge in [0.25, 0.3) is 0 Å². The smallest absolute Gasteiger partial charge is 0.224 e. The van der Waals surface area contributed by atoms with Crippen LogP contribution in [0.3, 0.4) is 0 Å². The second-order valence-electron chi connectivity index (χ2n) is 5.05. The summed E-state index contributed by atoms with van der Waals surface area (Å²) in [6.07, 6.45) is 4.40. The second kappa shape index (κ2) is 5.32. The highest BCUT2D eigenvalue weighted by Gasteiger charge is 2.33. The third-order valence-corrected chi connectivity index (χ3v) is 3.59. The molecule has 0 unspecified atom stereocenters. The quantitative estimate of drug-likeness (QED) is 0.843. The number of hydrogen-bond acceptors (Lipinski definition) is 5. The Labute approximate surface area is 107 Å². The van der Waals surface area contributed by atoms with E-state index in [2.05, 4.69) is 15.3 Å². The van der Waals surface area contributed by atoms with Crippen molar-refractivity contribution in [3.05, 3.63) is 17.5 Å². The topological polar surface area (TPSA) is 81.8 Å². The number of aliphatic hydroxyl groups excluding tert-OH is 1. The van der Waals surface area contributed by atoms with Gasteiger partial charge >= 0.3 is 0 Å². The summed E-state index contributed by atoms with van der Waals surface area (Å²) in [7, 11) is 0. The highest BCUT2D eigenvalue weighted by molar-refractivity contribution is 5.33. The largest absolute Gasteiger partial charge is 0.396 e. The van der Waals surface area contributed by atoms with Crippen LogP contribution in [0.15, 0.2) is 6.07 Å². The van der Waals surface area contributed by atoms with Crippen LogP contribution in [-0.2, 0) is 0 Å². The van der Waals surface area contributed by atoms with Crippen molar-refractivity contribution >= 4 is 5.95 Å². The third-order valence-electron chi connectivity index (χ3n) is 3.59. The first kappa shape index (κ1) is 12.8. The Kier molecular flexibility index (Phi) is 3.78. The van der Waals surface area contributed by atoms with Gasteiger partial charge in [0.05, 0.1) is 6.61 Å². The van der Waals surface area contributed by atoms with Crippen LogP contribution in [0, 0.1) is 23.7 Å². The predicted molar refractivity (Wildman–Crippen MR) is 68.0 cm³/mol. The predicted octanol–water partition coefficient (Wildman–Crippen LogP) is 1.62. The molecule has 0 spiro atoms. The van der Waals surface area contributed by atoms with E-state index < -0.39 is 0 Å². The number of nitrogens with one attached hydrogen (secondary N) is 1. The van der Waals surface area contributed by atoms with Gasteiger partial charge in [0.2, 0.25) is 5.95 Å². The van der Waals surface area contributed by atoms with Crippen molar-refractivity contribution < 1.29 is 5.11 Å². The van der Waals surface area contributed by atoms with E-state index >= 15 is 0 Å². The van der Waals surface area contributed by atoms with E-state index in [1.165, 1.54) is 12.8 Å². The summed E-state index contributed by atoms with van der Waals surface area (Å²) in [6, 6.07) is 3.67. The lowest BCUT2D eigenvalue weighted by molar-refractivity contribution is 0.142. The number of rotatable bonds is 4. The molecule has 1 saturated carbocycles. The number of nitriles is 1. The molecule has 0 saturated heterocycles. The van der Waals surface area contributed by atoms with E-state index in [0.29, 0.717) is 18.2 Å². The Morgan fingerprint density at radius 2 is 2.17 bits per heavy atom. The van der Waals surface area contributed by atoms with Crippen LogP contribution < -0.4 is 5.32 Å². The molecule has 2 N–H and O–H groups in total. The second-order valence-corrected chi connectivity index (χ2v) is 5.05. The molecule has 1 heterocycles.